The molecule has 0 radical (unpaired) electrons. The molecule has 0 spiro atoms. The zero-order chi connectivity index (χ0) is 24.4. The van der Waals surface area contributed by atoms with Gasteiger partial charge in [-0.15, -0.1) is 0 Å². The van der Waals surface area contributed by atoms with Gasteiger partial charge in [-0.3, -0.25) is 24.1 Å². The molecule has 4 amide bonds. The number of imide groups is 1. The number of benzene rings is 2. The second kappa shape index (κ2) is 9.83. The van der Waals surface area contributed by atoms with Gasteiger partial charge in [0.2, 0.25) is 11.8 Å². The standard InChI is InChI=1S/C25H23N3O6S/c29-22-13-17(15-28(22)18-6-7-19-20(14-18)34-11-10-33-19)23(30)26-8-9-27-24(31)21(35-25(27)32)12-16-4-2-1-3-5-16/h1-7,12,14,17H,8-11,13,15H2,(H,26,30)/b21-12-/t17-/m1/s1. The molecule has 9 nitrogen and oxygen atoms in total. The summed E-state index contributed by atoms with van der Waals surface area (Å²) in [5.74, 6) is -0.133. The molecule has 0 aromatic heterocycles. The molecule has 0 saturated carbocycles. The fourth-order valence-corrected chi connectivity index (χ4v) is 5.03. The Hall–Kier alpha value is -3.79. The van der Waals surface area contributed by atoms with Crippen LogP contribution in [0.15, 0.2) is 53.4 Å². The normalized spacial score (nSPS) is 20.6. The summed E-state index contributed by atoms with van der Waals surface area (Å²) in [7, 11) is 0. The van der Waals surface area contributed by atoms with Crippen LogP contribution in [0.25, 0.3) is 6.08 Å². The van der Waals surface area contributed by atoms with Crippen molar-refractivity contribution in [1.29, 1.82) is 0 Å². The predicted molar refractivity (Wildman–Crippen MR) is 130 cm³/mol. The Morgan fingerprint density at radius 3 is 2.63 bits per heavy atom. The van der Waals surface area contributed by atoms with Crippen LogP contribution in [0.3, 0.4) is 0 Å². The molecule has 2 aromatic rings. The van der Waals surface area contributed by atoms with Gasteiger partial charge in [0.1, 0.15) is 13.2 Å². The van der Waals surface area contributed by atoms with Crippen molar-refractivity contribution >= 4 is 46.5 Å². The van der Waals surface area contributed by atoms with Gasteiger partial charge in [0, 0.05) is 37.8 Å². The van der Waals surface area contributed by atoms with Crippen molar-refractivity contribution in [2.75, 3.05) is 37.7 Å². The zero-order valence-corrected chi connectivity index (χ0v) is 19.6. The van der Waals surface area contributed by atoms with Gasteiger partial charge < -0.3 is 19.7 Å². The van der Waals surface area contributed by atoms with Crippen LogP contribution in [0.2, 0.25) is 0 Å². The van der Waals surface area contributed by atoms with Crippen molar-refractivity contribution in [2.24, 2.45) is 5.92 Å². The molecule has 3 aliphatic heterocycles. The number of carbonyl (C=O) groups is 4. The van der Waals surface area contributed by atoms with E-state index in [-0.39, 0.29) is 49.0 Å². The molecule has 0 unspecified atom stereocenters. The highest BCUT2D eigenvalue weighted by Gasteiger charge is 2.37. The summed E-state index contributed by atoms with van der Waals surface area (Å²) >= 11 is 0.884. The van der Waals surface area contributed by atoms with Crippen molar-refractivity contribution in [3.63, 3.8) is 0 Å². The minimum atomic E-state index is -0.524. The number of carbonyl (C=O) groups excluding carboxylic acids is 4. The van der Waals surface area contributed by atoms with Gasteiger partial charge in [0.05, 0.1) is 10.8 Å². The lowest BCUT2D eigenvalue weighted by Crippen LogP contribution is -2.40. The molecule has 180 valence electrons. The number of nitrogens with one attached hydrogen (secondary N) is 1. The molecule has 1 atom stereocenters. The predicted octanol–water partition coefficient (Wildman–Crippen LogP) is 2.66. The molecule has 2 fully saturated rings. The van der Waals surface area contributed by atoms with Crippen molar-refractivity contribution in [2.45, 2.75) is 6.42 Å². The monoisotopic (exact) mass is 493 g/mol. The Balaban J connectivity index is 1.15. The van der Waals surface area contributed by atoms with Crippen LogP contribution < -0.4 is 19.7 Å². The van der Waals surface area contributed by atoms with Gasteiger partial charge in [-0.25, -0.2) is 0 Å². The van der Waals surface area contributed by atoms with E-state index in [2.05, 4.69) is 5.32 Å². The van der Waals surface area contributed by atoms with Crippen LogP contribution in [-0.2, 0) is 14.4 Å². The largest absolute Gasteiger partial charge is 0.486 e. The molecule has 0 aliphatic carbocycles. The first kappa shape index (κ1) is 23.0. The first-order valence-electron chi connectivity index (χ1n) is 11.3. The third-order valence-corrected chi connectivity index (χ3v) is 6.85. The Morgan fingerprint density at radius 2 is 1.83 bits per heavy atom. The van der Waals surface area contributed by atoms with Gasteiger partial charge in [-0.05, 0) is 35.5 Å². The smallest absolute Gasteiger partial charge is 0.293 e. The molecular weight excluding hydrogens is 470 g/mol. The molecule has 0 bridgehead atoms. The van der Waals surface area contributed by atoms with E-state index in [1.807, 2.05) is 30.3 Å². The fraction of sp³-hybridized carbons (Fsp3) is 0.280. The molecular formula is C25H23N3O6S. The highest BCUT2D eigenvalue weighted by Crippen LogP contribution is 2.36. The maximum atomic E-state index is 12.7. The van der Waals surface area contributed by atoms with E-state index >= 15 is 0 Å². The van der Waals surface area contributed by atoms with Crippen LogP contribution in [0.5, 0.6) is 11.5 Å². The molecule has 2 aromatic carbocycles. The Bertz CT molecular complexity index is 1210. The molecule has 5 rings (SSSR count). The van der Waals surface area contributed by atoms with Gasteiger partial charge in [0.15, 0.2) is 11.5 Å². The molecule has 1 N–H and O–H groups in total. The van der Waals surface area contributed by atoms with E-state index in [4.69, 9.17) is 9.47 Å². The Kier molecular flexibility index (Phi) is 6.45. The summed E-state index contributed by atoms with van der Waals surface area (Å²) in [6, 6.07) is 14.6. The number of rotatable bonds is 6. The average molecular weight is 494 g/mol. The molecule has 2 saturated heterocycles. The summed E-state index contributed by atoms with van der Waals surface area (Å²) < 4.78 is 11.1. The quantitative estimate of drug-likeness (QED) is 0.617. The van der Waals surface area contributed by atoms with E-state index in [0.717, 1.165) is 22.2 Å². The minimum absolute atomic E-state index is 0.0646. The van der Waals surface area contributed by atoms with E-state index < -0.39 is 5.92 Å². The molecule has 10 heteroatoms. The minimum Gasteiger partial charge on any atom is -0.486 e. The van der Waals surface area contributed by atoms with Gasteiger partial charge >= 0.3 is 0 Å². The summed E-state index contributed by atoms with van der Waals surface area (Å²) in [6.07, 6.45) is 1.77. The third kappa shape index (κ3) is 4.88. The lowest BCUT2D eigenvalue weighted by Gasteiger charge is -2.22. The highest BCUT2D eigenvalue weighted by molar-refractivity contribution is 8.18. The summed E-state index contributed by atoms with van der Waals surface area (Å²) in [6.45, 7) is 1.35. The number of amides is 4. The lowest BCUT2D eigenvalue weighted by atomic mass is 10.1. The Labute approximate surface area is 206 Å². The van der Waals surface area contributed by atoms with Crippen molar-refractivity contribution in [3.05, 3.63) is 59.0 Å². The molecule has 3 heterocycles. The maximum Gasteiger partial charge on any atom is 0.293 e. The van der Waals surface area contributed by atoms with E-state index in [1.165, 1.54) is 0 Å². The lowest BCUT2D eigenvalue weighted by molar-refractivity contribution is -0.127. The maximum absolute atomic E-state index is 12.7. The van der Waals surface area contributed by atoms with Crippen LogP contribution in [0.1, 0.15) is 12.0 Å². The number of anilines is 1. The van der Waals surface area contributed by atoms with Crippen LogP contribution in [0.4, 0.5) is 10.5 Å². The van der Waals surface area contributed by atoms with Crippen LogP contribution in [0, 0.1) is 5.92 Å². The van der Waals surface area contributed by atoms with Crippen LogP contribution >= 0.6 is 11.8 Å². The summed E-state index contributed by atoms with van der Waals surface area (Å²) in [4.78, 5) is 53.3. The number of ether oxygens (including phenoxy) is 2. The summed E-state index contributed by atoms with van der Waals surface area (Å²) in [5, 5.41) is 2.39. The van der Waals surface area contributed by atoms with E-state index in [1.54, 1.807) is 29.2 Å². The number of fused-ring (bicyclic) bond motifs is 1. The first-order chi connectivity index (χ1) is 17.0. The van der Waals surface area contributed by atoms with Gasteiger partial charge in [-0.2, -0.15) is 0 Å². The molecule has 35 heavy (non-hydrogen) atoms. The number of nitrogens with zero attached hydrogens (tertiary/aromatic N) is 2. The van der Waals surface area contributed by atoms with Gasteiger partial charge in [-0.1, -0.05) is 30.3 Å². The average Bonchev–Trinajstić information content (AvgIpc) is 3.39. The number of thioether (sulfide) groups is 1. The SMILES string of the molecule is O=C(NCCN1C(=O)S/C(=C\c2ccccc2)C1=O)[C@@H]1CC(=O)N(c2ccc3c(c2)OCCO3)C1. The number of hydrogen-bond donors (Lipinski definition) is 1. The van der Waals surface area contributed by atoms with Crippen molar-refractivity contribution < 1.29 is 28.7 Å². The first-order valence-corrected chi connectivity index (χ1v) is 12.1. The summed E-state index contributed by atoms with van der Waals surface area (Å²) in [5.41, 5.74) is 1.48. The van der Waals surface area contributed by atoms with E-state index in [0.29, 0.717) is 35.3 Å². The Morgan fingerprint density at radius 1 is 1.06 bits per heavy atom. The third-order valence-electron chi connectivity index (χ3n) is 5.94. The van der Waals surface area contributed by atoms with Gasteiger partial charge in [0.25, 0.3) is 11.1 Å². The number of hydrogen-bond acceptors (Lipinski definition) is 7. The zero-order valence-electron chi connectivity index (χ0n) is 18.8. The van der Waals surface area contributed by atoms with Crippen molar-refractivity contribution in [1.82, 2.24) is 10.2 Å². The highest BCUT2D eigenvalue weighted by atomic mass is 32.2. The topological polar surface area (TPSA) is 105 Å². The fourth-order valence-electron chi connectivity index (χ4n) is 4.16. The second-order valence-electron chi connectivity index (χ2n) is 8.27. The van der Waals surface area contributed by atoms with Crippen LogP contribution in [-0.4, -0.2) is 60.7 Å². The van der Waals surface area contributed by atoms with Crippen molar-refractivity contribution in [3.8, 4) is 11.5 Å². The molecule has 3 aliphatic rings. The second-order valence-corrected chi connectivity index (χ2v) is 9.26. The van der Waals surface area contributed by atoms with E-state index in [9.17, 15) is 19.2 Å².